The molecule has 1 aromatic rings. The van der Waals surface area contributed by atoms with Crippen molar-refractivity contribution in [3.05, 3.63) is 34.6 Å². The third-order valence-electron chi connectivity index (χ3n) is 2.81. The Labute approximate surface area is 113 Å². The molecule has 102 valence electrons. The van der Waals surface area contributed by atoms with E-state index in [0.29, 0.717) is 25.2 Å². The zero-order chi connectivity index (χ0) is 13.4. The predicted octanol–water partition coefficient (Wildman–Crippen LogP) is 3.43. The van der Waals surface area contributed by atoms with Crippen LogP contribution in [0, 0.1) is 5.82 Å². The third-order valence-corrected chi connectivity index (χ3v) is 3.10. The lowest BCUT2D eigenvalue weighted by Crippen LogP contribution is -2.32. The van der Waals surface area contributed by atoms with Crippen LogP contribution in [-0.2, 0) is 11.2 Å². The largest absolute Gasteiger partial charge is 0.382 e. The van der Waals surface area contributed by atoms with Gasteiger partial charge in [-0.2, -0.15) is 0 Å². The molecule has 0 heterocycles. The first-order chi connectivity index (χ1) is 8.69. The van der Waals surface area contributed by atoms with Gasteiger partial charge < -0.3 is 10.1 Å². The molecule has 1 aromatic carbocycles. The van der Waals surface area contributed by atoms with Gasteiger partial charge in [0.25, 0.3) is 0 Å². The molecule has 18 heavy (non-hydrogen) atoms. The molecular formula is C14H21ClFNO. The molecular weight excluding hydrogens is 253 g/mol. The molecule has 0 aliphatic rings. The van der Waals surface area contributed by atoms with E-state index in [1.807, 2.05) is 13.8 Å². The first-order valence-electron chi connectivity index (χ1n) is 6.43. The fourth-order valence-electron chi connectivity index (χ4n) is 1.91. The molecule has 1 atom stereocenters. The fraction of sp³-hybridized carbons (Fsp3) is 0.571. The topological polar surface area (TPSA) is 21.3 Å². The molecule has 0 fully saturated rings. The van der Waals surface area contributed by atoms with Crippen molar-refractivity contribution in [3.63, 3.8) is 0 Å². The first kappa shape index (κ1) is 15.4. The average molecular weight is 274 g/mol. The Morgan fingerprint density at radius 3 is 2.83 bits per heavy atom. The summed E-state index contributed by atoms with van der Waals surface area (Å²) in [4.78, 5) is 0. The maximum atomic E-state index is 13.8. The normalized spacial score (nSPS) is 12.7. The molecule has 0 amide bonds. The van der Waals surface area contributed by atoms with E-state index in [9.17, 15) is 4.39 Å². The van der Waals surface area contributed by atoms with E-state index in [1.54, 1.807) is 18.2 Å². The second-order valence-corrected chi connectivity index (χ2v) is 4.56. The highest BCUT2D eigenvalue weighted by Crippen LogP contribution is 2.19. The SMILES string of the molecule is CCNC(CCOCC)Cc1cccc(Cl)c1F. The van der Waals surface area contributed by atoms with Gasteiger partial charge in [-0.15, -0.1) is 0 Å². The first-order valence-corrected chi connectivity index (χ1v) is 6.80. The zero-order valence-corrected chi connectivity index (χ0v) is 11.8. The van der Waals surface area contributed by atoms with E-state index < -0.39 is 0 Å². The summed E-state index contributed by atoms with van der Waals surface area (Å²) >= 11 is 5.78. The van der Waals surface area contributed by atoms with Crippen molar-refractivity contribution in [2.45, 2.75) is 32.7 Å². The smallest absolute Gasteiger partial charge is 0.145 e. The number of likely N-dealkylation sites (N-methyl/N-ethyl adjacent to an activating group) is 1. The van der Waals surface area contributed by atoms with Crippen LogP contribution in [-0.4, -0.2) is 25.8 Å². The number of nitrogens with one attached hydrogen (secondary N) is 1. The molecule has 1 unspecified atom stereocenters. The predicted molar refractivity (Wildman–Crippen MR) is 73.7 cm³/mol. The van der Waals surface area contributed by atoms with E-state index in [2.05, 4.69) is 5.32 Å². The Morgan fingerprint density at radius 2 is 2.17 bits per heavy atom. The highest BCUT2D eigenvalue weighted by molar-refractivity contribution is 6.30. The Balaban J connectivity index is 2.61. The number of benzene rings is 1. The van der Waals surface area contributed by atoms with Crippen molar-refractivity contribution in [1.29, 1.82) is 0 Å². The summed E-state index contributed by atoms with van der Waals surface area (Å²) in [6.07, 6.45) is 1.50. The summed E-state index contributed by atoms with van der Waals surface area (Å²) < 4.78 is 19.1. The molecule has 4 heteroatoms. The summed E-state index contributed by atoms with van der Waals surface area (Å²) in [7, 11) is 0. The summed E-state index contributed by atoms with van der Waals surface area (Å²) in [6.45, 7) is 6.28. The minimum Gasteiger partial charge on any atom is -0.382 e. The number of rotatable bonds is 8. The monoisotopic (exact) mass is 273 g/mol. The molecule has 0 bridgehead atoms. The summed E-state index contributed by atoms with van der Waals surface area (Å²) in [5.74, 6) is -0.307. The van der Waals surface area contributed by atoms with E-state index in [1.165, 1.54) is 0 Å². The summed E-state index contributed by atoms with van der Waals surface area (Å²) in [5.41, 5.74) is 0.657. The maximum Gasteiger partial charge on any atom is 0.145 e. The molecule has 0 aliphatic carbocycles. The lowest BCUT2D eigenvalue weighted by Gasteiger charge is -2.18. The lowest BCUT2D eigenvalue weighted by atomic mass is 10.0. The van der Waals surface area contributed by atoms with Crippen LogP contribution in [0.3, 0.4) is 0 Å². The average Bonchev–Trinajstić information content (AvgIpc) is 2.35. The maximum absolute atomic E-state index is 13.8. The number of hydrogen-bond donors (Lipinski definition) is 1. The second kappa shape index (κ2) is 8.46. The zero-order valence-electron chi connectivity index (χ0n) is 11.0. The van der Waals surface area contributed by atoms with Crippen molar-refractivity contribution in [2.75, 3.05) is 19.8 Å². The van der Waals surface area contributed by atoms with Gasteiger partial charge in [0, 0.05) is 19.3 Å². The molecule has 0 spiro atoms. The quantitative estimate of drug-likeness (QED) is 0.733. The molecule has 2 nitrogen and oxygen atoms in total. The number of halogens is 2. The molecule has 0 saturated carbocycles. The van der Waals surface area contributed by atoms with Gasteiger partial charge in [0.05, 0.1) is 5.02 Å². The summed E-state index contributed by atoms with van der Waals surface area (Å²) in [5, 5.41) is 3.53. The van der Waals surface area contributed by atoms with E-state index >= 15 is 0 Å². The lowest BCUT2D eigenvalue weighted by molar-refractivity contribution is 0.136. The standard InChI is InChI=1S/C14H21ClFNO/c1-3-17-12(8-9-18-4-2)10-11-6-5-7-13(15)14(11)16/h5-7,12,17H,3-4,8-10H2,1-2H3. The van der Waals surface area contributed by atoms with Crippen LogP contribution >= 0.6 is 11.6 Å². The van der Waals surface area contributed by atoms with Crippen LogP contribution < -0.4 is 5.32 Å². The molecule has 0 radical (unpaired) electrons. The van der Waals surface area contributed by atoms with Crippen molar-refractivity contribution in [2.24, 2.45) is 0 Å². The van der Waals surface area contributed by atoms with Gasteiger partial charge in [-0.1, -0.05) is 30.7 Å². The Hall–Kier alpha value is -0.640. The minimum absolute atomic E-state index is 0.188. The van der Waals surface area contributed by atoms with E-state index in [4.69, 9.17) is 16.3 Å². The minimum atomic E-state index is -0.307. The van der Waals surface area contributed by atoms with Crippen LogP contribution in [0.1, 0.15) is 25.8 Å². The molecule has 0 aliphatic heterocycles. The molecule has 1 rings (SSSR count). The van der Waals surface area contributed by atoms with Crippen LogP contribution in [0.5, 0.6) is 0 Å². The van der Waals surface area contributed by atoms with Crippen LogP contribution in [0.2, 0.25) is 5.02 Å². The van der Waals surface area contributed by atoms with Crippen LogP contribution in [0.4, 0.5) is 4.39 Å². The van der Waals surface area contributed by atoms with Crippen LogP contribution in [0.25, 0.3) is 0 Å². The van der Waals surface area contributed by atoms with Crippen LogP contribution in [0.15, 0.2) is 18.2 Å². The highest BCUT2D eigenvalue weighted by Gasteiger charge is 2.13. The van der Waals surface area contributed by atoms with Crippen molar-refractivity contribution in [3.8, 4) is 0 Å². The van der Waals surface area contributed by atoms with Gasteiger partial charge in [-0.3, -0.25) is 0 Å². The van der Waals surface area contributed by atoms with Gasteiger partial charge in [-0.25, -0.2) is 4.39 Å². The molecule has 0 saturated heterocycles. The van der Waals surface area contributed by atoms with Crippen molar-refractivity contribution in [1.82, 2.24) is 5.32 Å². The van der Waals surface area contributed by atoms with Crippen molar-refractivity contribution < 1.29 is 9.13 Å². The van der Waals surface area contributed by atoms with Crippen molar-refractivity contribution >= 4 is 11.6 Å². The van der Waals surface area contributed by atoms with E-state index in [0.717, 1.165) is 13.0 Å². The summed E-state index contributed by atoms with van der Waals surface area (Å²) in [6, 6.07) is 5.36. The Bertz CT molecular complexity index is 360. The Morgan fingerprint density at radius 1 is 1.39 bits per heavy atom. The number of ether oxygens (including phenoxy) is 1. The van der Waals surface area contributed by atoms with Gasteiger partial charge >= 0.3 is 0 Å². The number of hydrogen-bond acceptors (Lipinski definition) is 2. The van der Waals surface area contributed by atoms with Gasteiger partial charge in [0.2, 0.25) is 0 Å². The van der Waals surface area contributed by atoms with E-state index in [-0.39, 0.29) is 16.9 Å². The third kappa shape index (κ3) is 4.92. The molecule has 0 aromatic heterocycles. The fourth-order valence-corrected chi connectivity index (χ4v) is 2.10. The van der Waals surface area contributed by atoms with Gasteiger partial charge in [-0.05, 0) is 37.9 Å². The Kier molecular flexibility index (Phi) is 7.25. The van der Waals surface area contributed by atoms with Gasteiger partial charge in [0.15, 0.2) is 0 Å². The highest BCUT2D eigenvalue weighted by atomic mass is 35.5. The second-order valence-electron chi connectivity index (χ2n) is 4.16. The molecule has 1 N–H and O–H groups in total. The van der Waals surface area contributed by atoms with Gasteiger partial charge in [0.1, 0.15) is 5.82 Å².